The second-order valence-electron chi connectivity index (χ2n) is 3.89. The summed E-state index contributed by atoms with van der Waals surface area (Å²) >= 11 is 0. The Morgan fingerprint density at radius 3 is 1.69 bits per heavy atom. The number of hydrogen-bond donors (Lipinski definition) is 0. The average molecular weight is 227 g/mol. The first-order valence-electron chi connectivity index (χ1n) is 5.16. The Balaban J connectivity index is 4.54. The molecule has 0 aromatic rings. The van der Waals surface area contributed by atoms with Crippen LogP contribution in [0.25, 0.3) is 0 Å². The lowest BCUT2D eigenvalue weighted by Gasteiger charge is -2.16. The molecule has 5 heteroatoms. The number of esters is 2. The van der Waals surface area contributed by atoms with Gasteiger partial charge in [-0.15, -0.1) is 0 Å². The lowest BCUT2D eigenvalue weighted by Crippen LogP contribution is -2.30. The van der Waals surface area contributed by atoms with Crippen molar-refractivity contribution in [1.82, 2.24) is 0 Å². The van der Waals surface area contributed by atoms with Gasteiger partial charge >= 0.3 is 11.9 Å². The van der Waals surface area contributed by atoms with Crippen molar-refractivity contribution < 1.29 is 19.1 Å². The molecule has 0 rings (SSSR count). The highest BCUT2D eigenvalue weighted by Crippen LogP contribution is 2.11. The second kappa shape index (κ2) is 6.83. The highest BCUT2D eigenvalue weighted by molar-refractivity contribution is 5.95. The maximum absolute atomic E-state index is 11.5. The third-order valence-electron chi connectivity index (χ3n) is 1.57. The summed E-state index contributed by atoms with van der Waals surface area (Å²) in [5.41, 5.74) is 0. The van der Waals surface area contributed by atoms with E-state index in [0.717, 1.165) is 0 Å². The molecule has 0 aliphatic carbocycles. The minimum Gasteiger partial charge on any atom is -0.462 e. The molecule has 0 saturated carbocycles. The monoisotopic (exact) mass is 227 g/mol. The van der Waals surface area contributed by atoms with Crippen LogP contribution in [0, 0.1) is 17.2 Å². The van der Waals surface area contributed by atoms with Crippen molar-refractivity contribution in [2.24, 2.45) is 5.92 Å². The van der Waals surface area contributed by atoms with E-state index in [0.29, 0.717) is 0 Å². The van der Waals surface area contributed by atoms with E-state index in [1.165, 1.54) is 0 Å². The minimum atomic E-state index is -1.14. The first-order valence-corrected chi connectivity index (χ1v) is 5.16. The fourth-order valence-electron chi connectivity index (χ4n) is 0.983. The second-order valence-corrected chi connectivity index (χ2v) is 3.89. The molecule has 0 heterocycles. The molecule has 0 radical (unpaired) electrons. The number of rotatable bonds is 5. The van der Waals surface area contributed by atoms with Gasteiger partial charge in [0.1, 0.15) is 0 Å². The number of carbonyl (C=O) groups excluding carboxylic acids is 2. The van der Waals surface area contributed by atoms with Gasteiger partial charge in [-0.3, -0.25) is 9.59 Å². The highest BCUT2D eigenvalue weighted by atomic mass is 16.6. The van der Waals surface area contributed by atoms with Crippen molar-refractivity contribution in [2.75, 3.05) is 0 Å². The summed E-state index contributed by atoms with van der Waals surface area (Å²) in [6.07, 6.45) is -0.863. The maximum atomic E-state index is 11.5. The van der Waals surface area contributed by atoms with Crippen LogP contribution < -0.4 is 0 Å². The molecular formula is C11H17NO4. The summed E-state index contributed by atoms with van der Waals surface area (Å²) in [6.45, 7) is 6.70. The van der Waals surface area contributed by atoms with Gasteiger partial charge in [-0.25, -0.2) is 0 Å². The molecule has 0 aliphatic heterocycles. The Labute approximate surface area is 95.3 Å². The van der Waals surface area contributed by atoms with Crippen molar-refractivity contribution in [3.63, 3.8) is 0 Å². The van der Waals surface area contributed by atoms with E-state index in [-0.39, 0.29) is 18.6 Å². The zero-order chi connectivity index (χ0) is 12.7. The van der Waals surface area contributed by atoms with Gasteiger partial charge in [0.15, 0.2) is 5.92 Å². The Bertz CT molecular complexity index is 269. The highest BCUT2D eigenvalue weighted by Gasteiger charge is 2.30. The SMILES string of the molecule is CC(C)OC(=O)C(CC#N)C(=O)OC(C)C. The van der Waals surface area contributed by atoms with E-state index in [1.807, 2.05) is 0 Å². The first kappa shape index (κ1) is 14.4. The van der Waals surface area contributed by atoms with Gasteiger partial charge in [-0.1, -0.05) is 0 Å². The fourth-order valence-corrected chi connectivity index (χ4v) is 0.983. The van der Waals surface area contributed by atoms with Gasteiger partial charge in [0.25, 0.3) is 0 Å². The van der Waals surface area contributed by atoms with Crippen LogP contribution in [0.4, 0.5) is 0 Å². The Morgan fingerprint density at radius 1 is 1.06 bits per heavy atom. The normalized spacial score (nSPS) is 10.4. The van der Waals surface area contributed by atoms with Gasteiger partial charge in [-0.05, 0) is 27.7 Å². The van der Waals surface area contributed by atoms with Crippen molar-refractivity contribution in [3.8, 4) is 6.07 Å². The summed E-state index contributed by atoms with van der Waals surface area (Å²) in [5.74, 6) is -2.56. The topological polar surface area (TPSA) is 76.4 Å². The molecule has 0 spiro atoms. The van der Waals surface area contributed by atoms with E-state index >= 15 is 0 Å². The Kier molecular flexibility index (Phi) is 6.16. The molecular weight excluding hydrogens is 210 g/mol. The predicted molar refractivity (Wildman–Crippen MR) is 56.2 cm³/mol. The molecule has 0 aromatic heterocycles. The van der Waals surface area contributed by atoms with E-state index < -0.39 is 17.9 Å². The molecule has 5 nitrogen and oxygen atoms in total. The molecule has 90 valence electrons. The van der Waals surface area contributed by atoms with Crippen molar-refractivity contribution in [2.45, 2.75) is 46.3 Å². The largest absolute Gasteiger partial charge is 0.462 e. The Hall–Kier alpha value is -1.57. The van der Waals surface area contributed by atoms with Crippen LogP contribution in [0.15, 0.2) is 0 Å². The molecule has 0 unspecified atom stereocenters. The third-order valence-corrected chi connectivity index (χ3v) is 1.57. The van der Waals surface area contributed by atoms with Crippen LogP contribution in [0.3, 0.4) is 0 Å². The summed E-state index contributed by atoms with van der Waals surface area (Å²) in [4.78, 5) is 23.0. The number of nitrogens with zero attached hydrogens (tertiary/aromatic N) is 1. The first-order chi connectivity index (χ1) is 7.38. The summed E-state index contributed by atoms with van der Waals surface area (Å²) in [6, 6.07) is 1.77. The number of hydrogen-bond acceptors (Lipinski definition) is 5. The fraction of sp³-hybridized carbons (Fsp3) is 0.727. The van der Waals surface area contributed by atoms with Crippen molar-refractivity contribution >= 4 is 11.9 Å². The van der Waals surface area contributed by atoms with Crippen molar-refractivity contribution in [1.29, 1.82) is 5.26 Å². The van der Waals surface area contributed by atoms with Gasteiger partial charge in [-0.2, -0.15) is 5.26 Å². The molecule has 0 N–H and O–H groups in total. The molecule has 0 bridgehead atoms. The smallest absolute Gasteiger partial charge is 0.321 e. The van der Waals surface area contributed by atoms with Gasteiger partial charge in [0.2, 0.25) is 0 Å². The summed E-state index contributed by atoms with van der Waals surface area (Å²) in [5, 5.41) is 8.54. The standard InChI is InChI=1S/C11H17NO4/c1-7(2)15-10(13)9(5-6-12)11(14)16-8(3)4/h7-9H,5H2,1-4H3. The molecule has 0 aliphatic rings. The van der Waals surface area contributed by atoms with Gasteiger partial charge in [0, 0.05) is 0 Å². The van der Waals surface area contributed by atoms with E-state index in [4.69, 9.17) is 14.7 Å². The van der Waals surface area contributed by atoms with Gasteiger partial charge < -0.3 is 9.47 Å². The summed E-state index contributed by atoms with van der Waals surface area (Å²) < 4.78 is 9.75. The molecule has 0 saturated heterocycles. The lowest BCUT2D eigenvalue weighted by atomic mass is 10.1. The van der Waals surface area contributed by atoms with Crippen LogP contribution in [-0.2, 0) is 19.1 Å². The number of ether oxygens (including phenoxy) is 2. The molecule has 0 fully saturated rings. The molecule has 0 aromatic carbocycles. The zero-order valence-corrected chi connectivity index (χ0v) is 10.0. The number of carbonyl (C=O) groups is 2. The van der Waals surface area contributed by atoms with Crippen LogP contribution >= 0.6 is 0 Å². The lowest BCUT2D eigenvalue weighted by molar-refractivity contribution is -0.166. The quantitative estimate of drug-likeness (QED) is 0.524. The molecule has 16 heavy (non-hydrogen) atoms. The van der Waals surface area contributed by atoms with Crippen LogP contribution in [0.1, 0.15) is 34.1 Å². The van der Waals surface area contributed by atoms with Crippen LogP contribution in [0.2, 0.25) is 0 Å². The minimum absolute atomic E-state index is 0.225. The number of nitriles is 1. The van der Waals surface area contributed by atoms with Crippen molar-refractivity contribution in [3.05, 3.63) is 0 Å². The van der Waals surface area contributed by atoms with Gasteiger partial charge in [0.05, 0.1) is 24.7 Å². The molecule has 0 atom stereocenters. The van der Waals surface area contributed by atoms with E-state index in [2.05, 4.69) is 0 Å². The van der Waals surface area contributed by atoms with E-state index in [1.54, 1.807) is 33.8 Å². The third kappa shape index (κ3) is 5.35. The zero-order valence-electron chi connectivity index (χ0n) is 10.0. The molecule has 0 amide bonds. The Morgan fingerprint density at radius 2 is 1.44 bits per heavy atom. The summed E-state index contributed by atoms with van der Waals surface area (Å²) in [7, 11) is 0. The predicted octanol–water partition coefficient (Wildman–Crippen LogP) is 1.42. The van der Waals surface area contributed by atoms with E-state index in [9.17, 15) is 9.59 Å². The maximum Gasteiger partial charge on any atom is 0.321 e. The van der Waals surface area contributed by atoms with Crippen LogP contribution in [-0.4, -0.2) is 24.1 Å². The average Bonchev–Trinajstić information content (AvgIpc) is 2.11. The van der Waals surface area contributed by atoms with Crippen LogP contribution in [0.5, 0.6) is 0 Å².